The summed E-state index contributed by atoms with van der Waals surface area (Å²) in [5.41, 5.74) is 1.50. The average molecular weight is 502 g/mol. The first-order chi connectivity index (χ1) is 15.0. The van der Waals surface area contributed by atoms with Gasteiger partial charge >= 0.3 is 0 Å². The molecule has 0 aromatic heterocycles. The number of ether oxygens (including phenoxy) is 1. The molecule has 0 heterocycles. The van der Waals surface area contributed by atoms with Crippen molar-refractivity contribution >= 4 is 39.2 Å². The Bertz CT molecular complexity index is 1030. The largest absolute Gasteiger partial charge is 0.491 e. The van der Waals surface area contributed by atoms with Gasteiger partial charge in [-0.2, -0.15) is 8.42 Å². The second-order valence-corrected chi connectivity index (χ2v) is 10.3. The fraction of sp³-hybridized carbons (Fsp3) is 0.435. The van der Waals surface area contributed by atoms with Crippen molar-refractivity contribution in [1.29, 1.82) is 0 Å². The molecule has 0 aliphatic carbocycles. The molecule has 1 amide bonds. The standard InChI is InChI=1S/C23H29Cl2NO5S/c1-16(2)31-19-9-7-8-17(14-19)22(18-10-11-20(24)21(25)15-18)23(27)26(3)12-5-6-13-30-32(4,28)29/h7-11,14-16,22H,5-6,12-13H2,1-4H3. The molecule has 0 radical (unpaired) electrons. The van der Waals surface area contributed by atoms with E-state index in [2.05, 4.69) is 0 Å². The number of likely N-dealkylation sites (N-methyl/N-ethyl adjacent to an activating group) is 1. The van der Waals surface area contributed by atoms with Gasteiger partial charge in [0.1, 0.15) is 5.75 Å². The van der Waals surface area contributed by atoms with Crippen LogP contribution in [-0.4, -0.2) is 51.8 Å². The SMILES string of the molecule is CC(C)Oc1cccc(C(C(=O)N(C)CCCCOS(C)(=O)=O)c2ccc(Cl)c(Cl)c2)c1. The van der Waals surface area contributed by atoms with Gasteiger partial charge in [-0.25, -0.2) is 0 Å². The van der Waals surface area contributed by atoms with Gasteiger partial charge in [-0.1, -0.05) is 41.4 Å². The smallest absolute Gasteiger partial charge is 0.264 e. The number of unbranched alkanes of at least 4 members (excludes halogenated alkanes) is 1. The fourth-order valence-electron chi connectivity index (χ4n) is 3.20. The van der Waals surface area contributed by atoms with Crippen LogP contribution < -0.4 is 4.74 Å². The number of nitrogens with zero attached hydrogens (tertiary/aromatic N) is 1. The molecule has 0 saturated heterocycles. The number of hydrogen-bond acceptors (Lipinski definition) is 5. The van der Waals surface area contributed by atoms with Gasteiger partial charge in [0.05, 0.1) is 34.9 Å². The number of carbonyl (C=O) groups excluding carboxylic acids is 1. The summed E-state index contributed by atoms with van der Waals surface area (Å²) in [5.74, 6) is -0.0391. The topological polar surface area (TPSA) is 72.9 Å². The van der Waals surface area contributed by atoms with Gasteiger partial charge < -0.3 is 9.64 Å². The third-order valence-corrected chi connectivity index (χ3v) is 5.98. The van der Waals surface area contributed by atoms with Crippen LogP contribution in [0.1, 0.15) is 43.7 Å². The molecule has 0 saturated carbocycles. The van der Waals surface area contributed by atoms with E-state index in [-0.39, 0.29) is 18.6 Å². The van der Waals surface area contributed by atoms with Crippen LogP contribution in [0, 0.1) is 0 Å². The first-order valence-electron chi connectivity index (χ1n) is 10.3. The highest BCUT2D eigenvalue weighted by Crippen LogP contribution is 2.33. The van der Waals surface area contributed by atoms with Crippen LogP contribution in [0.5, 0.6) is 5.75 Å². The molecule has 1 unspecified atom stereocenters. The van der Waals surface area contributed by atoms with E-state index in [1.165, 1.54) is 0 Å². The first-order valence-corrected chi connectivity index (χ1v) is 12.9. The lowest BCUT2D eigenvalue weighted by molar-refractivity contribution is -0.130. The number of hydrogen-bond donors (Lipinski definition) is 0. The van der Waals surface area contributed by atoms with E-state index < -0.39 is 16.0 Å². The lowest BCUT2D eigenvalue weighted by atomic mass is 9.89. The van der Waals surface area contributed by atoms with Crippen molar-refractivity contribution in [3.63, 3.8) is 0 Å². The van der Waals surface area contributed by atoms with Gasteiger partial charge in [-0.3, -0.25) is 8.98 Å². The van der Waals surface area contributed by atoms with E-state index in [9.17, 15) is 13.2 Å². The maximum Gasteiger partial charge on any atom is 0.264 e. The average Bonchev–Trinajstić information content (AvgIpc) is 2.69. The minimum Gasteiger partial charge on any atom is -0.491 e. The summed E-state index contributed by atoms with van der Waals surface area (Å²) in [6.45, 7) is 4.42. The molecular weight excluding hydrogens is 473 g/mol. The van der Waals surface area contributed by atoms with E-state index >= 15 is 0 Å². The Hall–Kier alpha value is -1.80. The molecule has 0 fully saturated rings. The van der Waals surface area contributed by atoms with Crippen LogP contribution >= 0.6 is 23.2 Å². The molecule has 0 spiro atoms. The molecule has 0 aliphatic heterocycles. The van der Waals surface area contributed by atoms with E-state index in [0.29, 0.717) is 35.2 Å². The van der Waals surface area contributed by atoms with Crippen molar-refractivity contribution in [3.8, 4) is 5.75 Å². The van der Waals surface area contributed by atoms with Gasteiger partial charge in [0, 0.05) is 13.6 Å². The van der Waals surface area contributed by atoms with Gasteiger partial charge in [0.2, 0.25) is 5.91 Å². The maximum atomic E-state index is 13.5. The van der Waals surface area contributed by atoms with E-state index in [1.54, 1.807) is 30.1 Å². The van der Waals surface area contributed by atoms with Crippen LogP contribution in [0.3, 0.4) is 0 Å². The van der Waals surface area contributed by atoms with Crippen molar-refractivity contribution < 1.29 is 22.1 Å². The summed E-state index contributed by atoms with van der Waals surface area (Å²) in [7, 11) is -1.74. The number of benzene rings is 2. The van der Waals surface area contributed by atoms with Crippen molar-refractivity contribution in [2.45, 2.75) is 38.7 Å². The Morgan fingerprint density at radius 2 is 1.72 bits per heavy atom. The summed E-state index contributed by atoms with van der Waals surface area (Å²) in [4.78, 5) is 15.1. The van der Waals surface area contributed by atoms with Gasteiger partial charge in [-0.05, 0) is 62.1 Å². The van der Waals surface area contributed by atoms with Crippen molar-refractivity contribution in [2.75, 3.05) is 26.5 Å². The molecule has 0 N–H and O–H groups in total. The van der Waals surface area contributed by atoms with E-state index in [4.69, 9.17) is 32.1 Å². The van der Waals surface area contributed by atoms with Gasteiger partial charge in [0.15, 0.2) is 0 Å². The molecule has 2 aromatic rings. The molecule has 0 aliphatic rings. The molecule has 32 heavy (non-hydrogen) atoms. The Morgan fingerprint density at radius 1 is 1.03 bits per heavy atom. The number of carbonyl (C=O) groups is 1. The number of amides is 1. The normalized spacial score (nSPS) is 12.6. The van der Waals surface area contributed by atoms with Crippen molar-refractivity contribution in [1.82, 2.24) is 4.90 Å². The summed E-state index contributed by atoms with van der Waals surface area (Å²) in [5, 5.41) is 0.787. The van der Waals surface area contributed by atoms with E-state index in [0.717, 1.165) is 17.4 Å². The lowest BCUT2D eigenvalue weighted by Crippen LogP contribution is -2.33. The number of halogens is 2. The predicted octanol–water partition coefficient (Wildman–Crippen LogP) is 5.13. The third-order valence-electron chi connectivity index (χ3n) is 4.65. The highest BCUT2D eigenvalue weighted by Gasteiger charge is 2.27. The van der Waals surface area contributed by atoms with Crippen molar-refractivity contribution in [2.24, 2.45) is 0 Å². The maximum absolute atomic E-state index is 13.5. The minimum atomic E-state index is -3.46. The zero-order valence-electron chi connectivity index (χ0n) is 18.7. The summed E-state index contributed by atoms with van der Waals surface area (Å²) < 4.78 is 32.7. The zero-order chi connectivity index (χ0) is 23.9. The van der Waals surface area contributed by atoms with Crippen LogP contribution in [0.2, 0.25) is 10.0 Å². The Labute approximate surface area is 200 Å². The van der Waals surface area contributed by atoms with Crippen LogP contribution in [0.4, 0.5) is 0 Å². The molecule has 9 heteroatoms. The third kappa shape index (κ3) is 8.28. The molecule has 1 atom stereocenters. The highest BCUT2D eigenvalue weighted by atomic mass is 35.5. The summed E-state index contributed by atoms with van der Waals surface area (Å²) >= 11 is 12.3. The Morgan fingerprint density at radius 3 is 2.34 bits per heavy atom. The molecule has 6 nitrogen and oxygen atoms in total. The quantitative estimate of drug-likeness (QED) is 0.315. The monoisotopic (exact) mass is 501 g/mol. The zero-order valence-corrected chi connectivity index (χ0v) is 21.0. The lowest BCUT2D eigenvalue weighted by Gasteiger charge is -2.25. The molecule has 2 aromatic carbocycles. The number of rotatable bonds is 11. The van der Waals surface area contributed by atoms with Gasteiger partial charge in [0.25, 0.3) is 10.1 Å². The molecule has 176 valence electrons. The van der Waals surface area contributed by atoms with Crippen LogP contribution in [0.15, 0.2) is 42.5 Å². The second kappa shape index (κ2) is 11.9. The second-order valence-electron chi connectivity index (χ2n) is 7.84. The van der Waals surface area contributed by atoms with Crippen LogP contribution in [-0.2, 0) is 19.1 Å². The minimum absolute atomic E-state index is 0.00112. The van der Waals surface area contributed by atoms with Crippen LogP contribution in [0.25, 0.3) is 0 Å². The van der Waals surface area contributed by atoms with Crippen molar-refractivity contribution in [3.05, 3.63) is 63.6 Å². The Balaban J connectivity index is 2.24. The predicted molar refractivity (Wildman–Crippen MR) is 128 cm³/mol. The summed E-state index contributed by atoms with van der Waals surface area (Å²) in [6.07, 6.45) is 2.13. The molecular formula is C23H29Cl2NO5S. The molecule has 2 rings (SSSR count). The van der Waals surface area contributed by atoms with E-state index in [1.807, 2.05) is 38.1 Å². The molecule has 0 bridgehead atoms. The Kier molecular flexibility index (Phi) is 9.83. The first kappa shape index (κ1) is 26.5. The highest BCUT2D eigenvalue weighted by molar-refractivity contribution is 7.85. The fourth-order valence-corrected chi connectivity index (χ4v) is 3.93. The van der Waals surface area contributed by atoms with Gasteiger partial charge in [-0.15, -0.1) is 0 Å². The summed E-state index contributed by atoms with van der Waals surface area (Å²) in [6, 6.07) is 12.6.